The number of benzene rings is 1. The topological polar surface area (TPSA) is 27.7 Å². The van der Waals surface area contributed by atoms with E-state index in [1.165, 1.54) is 0 Å². The monoisotopic (exact) mass is 274 g/mol. The summed E-state index contributed by atoms with van der Waals surface area (Å²) < 4.78 is 17.4. The highest BCUT2D eigenvalue weighted by atomic mass is 35.5. The number of hydrogen-bond donors (Lipinski definition) is 0. The fourth-order valence-corrected chi connectivity index (χ4v) is 4.43. The molecule has 5 heteroatoms. The van der Waals surface area contributed by atoms with Crippen LogP contribution in [0.15, 0.2) is 24.3 Å². The van der Waals surface area contributed by atoms with Gasteiger partial charge >= 0.3 is 8.80 Å². The minimum Gasteiger partial charge on any atom is -0.370 e. The Labute approximate surface area is 109 Å². The van der Waals surface area contributed by atoms with Crippen molar-refractivity contribution in [1.29, 1.82) is 0 Å². The van der Waals surface area contributed by atoms with Crippen LogP contribution in [0.5, 0.6) is 0 Å². The zero-order valence-corrected chi connectivity index (χ0v) is 12.3. The van der Waals surface area contributed by atoms with Crippen LogP contribution < -0.4 is 5.19 Å². The van der Waals surface area contributed by atoms with Gasteiger partial charge in [-0.2, -0.15) is 0 Å². The zero-order valence-electron chi connectivity index (χ0n) is 10.5. The maximum absolute atomic E-state index is 6.01. The second-order valence-corrected chi connectivity index (χ2v) is 6.36. The first kappa shape index (κ1) is 14.7. The maximum Gasteiger partial charge on any atom is 0.537 e. The molecule has 0 saturated heterocycles. The zero-order chi connectivity index (χ0) is 12.7. The van der Waals surface area contributed by atoms with Gasteiger partial charge in [0.25, 0.3) is 0 Å². The highest BCUT2D eigenvalue weighted by molar-refractivity contribution is 6.75. The average molecular weight is 275 g/mol. The van der Waals surface area contributed by atoms with Crippen LogP contribution in [0.25, 0.3) is 0 Å². The molecule has 0 unspecified atom stereocenters. The van der Waals surface area contributed by atoms with E-state index in [0.29, 0.717) is 24.8 Å². The van der Waals surface area contributed by atoms with Crippen molar-refractivity contribution in [3.63, 3.8) is 0 Å². The van der Waals surface area contributed by atoms with E-state index in [4.69, 9.17) is 24.9 Å². The van der Waals surface area contributed by atoms with Crippen LogP contribution in [-0.2, 0) is 13.3 Å². The van der Waals surface area contributed by atoms with Crippen molar-refractivity contribution >= 4 is 25.6 Å². The van der Waals surface area contributed by atoms with Crippen molar-refractivity contribution in [3.05, 3.63) is 29.3 Å². The molecule has 0 aliphatic rings. The van der Waals surface area contributed by atoms with Gasteiger partial charge in [0, 0.05) is 30.0 Å². The summed E-state index contributed by atoms with van der Waals surface area (Å²) in [6, 6.07) is 7.51. The molecule has 0 aromatic heterocycles. The maximum atomic E-state index is 6.01. The number of halogens is 1. The van der Waals surface area contributed by atoms with E-state index in [-0.39, 0.29) is 0 Å². The lowest BCUT2D eigenvalue weighted by Gasteiger charge is -2.28. The minimum atomic E-state index is -2.79. The van der Waals surface area contributed by atoms with Gasteiger partial charge in [-0.1, -0.05) is 23.7 Å². The molecule has 0 amide bonds. The van der Waals surface area contributed by atoms with Crippen molar-refractivity contribution in [2.45, 2.75) is 20.8 Å². The molecule has 0 spiro atoms. The van der Waals surface area contributed by atoms with Crippen LogP contribution in [0, 0.1) is 0 Å². The predicted octanol–water partition coefficient (Wildman–Crippen LogP) is 2.60. The number of rotatable bonds is 7. The second kappa shape index (κ2) is 7.13. The molecule has 0 saturated carbocycles. The molecule has 0 bridgehead atoms. The molecule has 0 N–H and O–H groups in total. The predicted molar refractivity (Wildman–Crippen MR) is 71.7 cm³/mol. The largest absolute Gasteiger partial charge is 0.537 e. The summed E-state index contributed by atoms with van der Waals surface area (Å²) in [5.74, 6) is 0. The third kappa shape index (κ3) is 3.79. The molecular formula is C12H19ClO3Si. The van der Waals surface area contributed by atoms with Gasteiger partial charge in [0.1, 0.15) is 0 Å². The van der Waals surface area contributed by atoms with Crippen LogP contribution in [0.3, 0.4) is 0 Å². The van der Waals surface area contributed by atoms with Gasteiger partial charge < -0.3 is 13.3 Å². The third-order valence-corrected chi connectivity index (χ3v) is 5.44. The fraction of sp³-hybridized carbons (Fsp3) is 0.500. The first-order valence-electron chi connectivity index (χ1n) is 5.86. The van der Waals surface area contributed by atoms with Crippen LogP contribution in [0.1, 0.15) is 20.8 Å². The summed E-state index contributed by atoms with van der Waals surface area (Å²) in [6.45, 7) is 7.47. The standard InChI is InChI=1S/C12H19ClO3Si/c1-4-14-17(15-5-2,16-6-3)12-9-7-8-11(13)10-12/h7-10H,4-6H2,1-3H3. The van der Waals surface area contributed by atoms with Gasteiger partial charge in [0.05, 0.1) is 0 Å². The normalized spacial score (nSPS) is 11.8. The Balaban J connectivity index is 3.09. The van der Waals surface area contributed by atoms with E-state index in [2.05, 4.69) is 0 Å². The van der Waals surface area contributed by atoms with Gasteiger partial charge in [-0.05, 0) is 32.9 Å². The van der Waals surface area contributed by atoms with E-state index in [9.17, 15) is 0 Å². The molecule has 17 heavy (non-hydrogen) atoms. The molecule has 1 aromatic carbocycles. The summed E-state index contributed by atoms with van der Waals surface area (Å²) >= 11 is 6.01. The smallest absolute Gasteiger partial charge is 0.370 e. The quantitative estimate of drug-likeness (QED) is 0.716. The Morgan fingerprint density at radius 2 is 1.53 bits per heavy atom. The summed E-state index contributed by atoms with van der Waals surface area (Å²) in [5, 5.41) is 1.58. The first-order valence-corrected chi connectivity index (χ1v) is 7.96. The molecular weight excluding hydrogens is 256 g/mol. The van der Waals surface area contributed by atoms with Gasteiger partial charge in [-0.3, -0.25) is 0 Å². The number of hydrogen-bond acceptors (Lipinski definition) is 3. The van der Waals surface area contributed by atoms with Crippen LogP contribution in [-0.4, -0.2) is 28.6 Å². The lowest BCUT2D eigenvalue weighted by Crippen LogP contribution is -2.56. The Kier molecular flexibility index (Phi) is 6.15. The van der Waals surface area contributed by atoms with E-state index in [0.717, 1.165) is 5.19 Å². The average Bonchev–Trinajstić information content (AvgIpc) is 2.30. The molecule has 96 valence electrons. The molecule has 0 heterocycles. The van der Waals surface area contributed by atoms with Gasteiger partial charge in [-0.25, -0.2) is 0 Å². The molecule has 0 aliphatic carbocycles. The van der Waals surface area contributed by atoms with Crippen LogP contribution in [0.4, 0.5) is 0 Å². The van der Waals surface area contributed by atoms with E-state index in [1.54, 1.807) is 0 Å². The van der Waals surface area contributed by atoms with Crippen molar-refractivity contribution in [2.75, 3.05) is 19.8 Å². The molecule has 3 nitrogen and oxygen atoms in total. The van der Waals surface area contributed by atoms with Crippen molar-refractivity contribution < 1.29 is 13.3 Å². The van der Waals surface area contributed by atoms with Gasteiger partial charge in [-0.15, -0.1) is 0 Å². The lowest BCUT2D eigenvalue weighted by atomic mass is 10.4. The highest BCUT2D eigenvalue weighted by Crippen LogP contribution is 2.14. The van der Waals surface area contributed by atoms with E-state index < -0.39 is 8.80 Å². The summed E-state index contributed by atoms with van der Waals surface area (Å²) in [5.41, 5.74) is 0. The van der Waals surface area contributed by atoms with E-state index in [1.807, 2.05) is 45.0 Å². The third-order valence-electron chi connectivity index (χ3n) is 2.18. The molecule has 0 radical (unpaired) electrons. The second-order valence-electron chi connectivity index (χ2n) is 3.37. The summed E-state index contributed by atoms with van der Waals surface area (Å²) in [7, 11) is -2.79. The van der Waals surface area contributed by atoms with Crippen LogP contribution >= 0.6 is 11.6 Å². The summed E-state index contributed by atoms with van der Waals surface area (Å²) in [6.07, 6.45) is 0. The lowest BCUT2D eigenvalue weighted by molar-refractivity contribution is 0.0859. The SMILES string of the molecule is CCO[Si](OCC)(OCC)c1cccc(Cl)c1. The Bertz CT molecular complexity index is 329. The highest BCUT2D eigenvalue weighted by Gasteiger charge is 2.43. The van der Waals surface area contributed by atoms with Crippen molar-refractivity contribution in [3.8, 4) is 0 Å². The Morgan fingerprint density at radius 3 is 1.94 bits per heavy atom. The fourth-order valence-electron chi connectivity index (χ4n) is 1.62. The van der Waals surface area contributed by atoms with Gasteiger partial charge in [0.15, 0.2) is 0 Å². The first-order chi connectivity index (χ1) is 8.18. The van der Waals surface area contributed by atoms with Crippen LogP contribution in [0.2, 0.25) is 5.02 Å². The van der Waals surface area contributed by atoms with Gasteiger partial charge in [0.2, 0.25) is 0 Å². The minimum absolute atomic E-state index is 0.554. The summed E-state index contributed by atoms with van der Waals surface area (Å²) in [4.78, 5) is 0. The molecule has 1 rings (SSSR count). The molecule has 1 aromatic rings. The molecule has 0 atom stereocenters. The Morgan fingerprint density at radius 1 is 1.00 bits per heavy atom. The van der Waals surface area contributed by atoms with Crippen molar-refractivity contribution in [1.82, 2.24) is 0 Å². The van der Waals surface area contributed by atoms with Crippen molar-refractivity contribution in [2.24, 2.45) is 0 Å². The molecule has 0 fully saturated rings. The molecule has 0 aliphatic heterocycles. The van der Waals surface area contributed by atoms with E-state index >= 15 is 0 Å². The Hall–Kier alpha value is -0.393.